The maximum atomic E-state index is 12.2. The molecule has 0 unspecified atom stereocenters. The first-order valence-electron chi connectivity index (χ1n) is 3.65. The number of hydrogen-bond acceptors (Lipinski definition) is 2. The topological polar surface area (TPSA) is 78.4 Å². The van der Waals surface area contributed by atoms with Crippen molar-refractivity contribution < 1.29 is 32.3 Å². The molecule has 0 aromatic rings. The van der Waals surface area contributed by atoms with Crippen LogP contribution in [0.25, 0.3) is 0 Å². The van der Waals surface area contributed by atoms with Gasteiger partial charge < -0.3 is 15.7 Å². The number of rotatable bonds is 5. The lowest BCUT2D eigenvalue weighted by molar-refractivity contribution is -0.135. The maximum absolute atomic E-state index is 12.2. The average molecular weight is 232 g/mol. The smallest absolute Gasteiger partial charge is 0.324 e. The second-order valence-corrected chi connectivity index (χ2v) is 2.49. The Morgan fingerprint density at radius 2 is 1.80 bits per heavy atom. The first kappa shape index (κ1) is 13.5. The Kier molecular flexibility index (Phi) is 4.82. The zero-order valence-electron chi connectivity index (χ0n) is 7.27. The fourth-order valence-electron chi connectivity index (χ4n) is 0.494. The first-order chi connectivity index (χ1) is 6.75. The summed E-state index contributed by atoms with van der Waals surface area (Å²) in [5, 5.41) is 11.2. The summed E-state index contributed by atoms with van der Waals surface area (Å²) in [5.74, 6) is -5.72. The number of amides is 2. The van der Waals surface area contributed by atoms with E-state index >= 15 is 0 Å². The van der Waals surface area contributed by atoms with Gasteiger partial charge in [-0.2, -0.15) is 8.78 Å². The summed E-state index contributed by atoms with van der Waals surface area (Å²) >= 11 is 0. The summed E-state index contributed by atoms with van der Waals surface area (Å²) in [4.78, 5) is 20.5. The van der Waals surface area contributed by atoms with Crippen LogP contribution in [0.4, 0.5) is 22.4 Å². The number of nitrogens with one attached hydrogen (secondary N) is 2. The molecular formula is C6H8F4N2O3. The summed E-state index contributed by atoms with van der Waals surface area (Å²) < 4.78 is 47.5. The summed E-state index contributed by atoms with van der Waals surface area (Å²) in [6.45, 7) is -2.35. The van der Waals surface area contributed by atoms with Gasteiger partial charge in [-0.3, -0.25) is 4.79 Å². The minimum absolute atomic E-state index is 0.786. The van der Waals surface area contributed by atoms with Gasteiger partial charge in [0.1, 0.15) is 6.54 Å². The van der Waals surface area contributed by atoms with Crippen molar-refractivity contribution >= 4 is 12.0 Å². The highest BCUT2D eigenvalue weighted by Gasteiger charge is 2.40. The summed E-state index contributed by atoms with van der Waals surface area (Å²) in [6.07, 6.45) is -3.89. The van der Waals surface area contributed by atoms with Crippen LogP contribution in [0.3, 0.4) is 0 Å². The number of hydrogen-bond donors (Lipinski definition) is 3. The molecule has 2 amide bonds. The van der Waals surface area contributed by atoms with Crippen molar-refractivity contribution in [3.63, 3.8) is 0 Å². The summed E-state index contributed by atoms with van der Waals surface area (Å²) in [5.41, 5.74) is 0. The molecular weight excluding hydrogens is 224 g/mol. The van der Waals surface area contributed by atoms with Crippen LogP contribution in [0, 0.1) is 0 Å². The minimum Gasteiger partial charge on any atom is -0.480 e. The molecule has 0 saturated carbocycles. The van der Waals surface area contributed by atoms with Gasteiger partial charge in [0.2, 0.25) is 0 Å². The second kappa shape index (κ2) is 5.37. The van der Waals surface area contributed by atoms with E-state index in [1.807, 2.05) is 0 Å². The fraction of sp³-hybridized carbons (Fsp3) is 0.667. The molecule has 9 heteroatoms. The van der Waals surface area contributed by atoms with Crippen molar-refractivity contribution in [2.45, 2.75) is 12.3 Å². The monoisotopic (exact) mass is 232 g/mol. The van der Waals surface area contributed by atoms with Gasteiger partial charge in [-0.05, 0) is 0 Å². The van der Waals surface area contributed by atoms with Gasteiger partial charge >= 0.3 is 24.3 Å². The molecule has 0 aliphatic rings. The van der Waals surface area contributed by atoms with Gasteiger partial charge in [0.15, 0.2) is 0 Å². The molecule has 0 aromatic heterocycles. The van der Waals surface area contributed by atoms with Gasteiger partial charge in [0.25, 0.3) is 0 Å². The Bertz CT molecular complexity index is 247. The lowest BCUT2D eigenvalue weighted by Crippen LogP contribution is -2.46. The Morgan fingerprint density at radius 1 is 1.27 bits per heavy atom. The summed E-state index contributed by atoms with van der Waals surface area (Å²) in [7, 11) is 0. The lowest BCUT2D eigenvalue weighted by Gasteiger charge is -2.15. The largest absolute Gasteiger partial charge is 0.480 e. The van der Waals surface area contributed by atoms with E-state index in [1.54, 1.807) is 5.32 Å². The number of carbonyl (C=O) groups is 2. The van der Waals surface area contributed by atoms with E-state index < -0.39 is 37.4 Å². The molecule has 88 valence electrons. The van der Waals surface area contributed by atoms with Gasteiger partial charge in [-0.25, -0.2) is 13.6 Å². The Balaban J connectivity index is 3.85. The van der Waals surface area contributed by atoms with E-state index in [2.05, 4.69) is 0 Å². The van der Waals surface area contributed by atoms with Crippen LogP contribution >= 0.6 is 0 Å². The van der Waals surface area contributed by atoms with Crippen molar-refractivity contribution in [1.82, 2.24) is 10.6 Å². The predicted molar refractivity (Wildman–Crippen MR) is 40.0 cm³/mol. The molecule has 3 N–H and O–H groups in total. The number of carboxylic acids is 1. The molecule has 0 rings (SSSR count). The van der Waals surface area contributed by atoms with E-state index in [-0.39, 0.29) is 0 Å². The van der Waals surface area contributed by atoms with Crippen LogP contribution in [-0.2, 0) is 4.79 Å². The van der Waals surface area contributed by atoms with Crippen LogP contribution in [0.1, 0.15) is 0 Å². The lowest BCUT2D eigenvalue weighted by atomic mass is 10.3. The number of carbonyl (C=O) groups excluding carboxylic acids is 1. The summed E-state index contributed by atoms with van der Waals surface area (Å²) in [6, 6.07) is -1.25. The van der Waals surface area contributed by atoms with Crippen molar-refractivity contribution in [2.24, 2.45) is 0 Å². The predicted octanol–water partition coefficient (Wildman–Crippen LogP) is 0.271. The highest BCUT2D eigenvalue weighted by Crippen LogP contribution is 2.21. The molecule has 0 saturated heterocycles. The zero-order chi connectivity index (χ0) is 12.1. The van der Waals surface area contributed by atoms with Crippen molar-refractivity contribution in [2.75, 3.05) is 13.1 Å². The zero-order valence-corrected chi connectivity index (χ0v) is 7.27. The van der Waals surface area contributed by atoms with Crippen LogP contribution in [0.2, 0.25) is 0 Å². The molecule has 0 radical (unpaired) electrons. The van der Waals surface area contributed by atoms with E-state index in [1.165, 1.54) is 5.32 Å². The molecule has 15 heavy (non-hydrogen) atoms. The third kappa shape index (κ3) is 5.70. The molecule has 0 bridgehead atoms. The Labute approximate surface area is 81.4 Å². The van der Waals surface area contributed by atoms with E-state index in [9.17, 15) is 27.2 Å². The molecule has 0 aromatic carbocycles. The van der Waals surface area contributed by atoms with Crippen LogP contribution in [0.5, 0.6) is 0 Å². The standard InChI is InChI=1S/C6H8F4N2O3/c7-4(8)6(9,10)2-12-5(15)11-1-3(13)14/h4H,1-2H2,(H,13,14)(H2,11,12,15). The van der Waals surface area contributed by atoms with Gasteiger partial charge in [0.05, 0.1) is 6.54 Å². The third-order valence-corrected chi connectivity index (χ3v) is 1.20. The second-order valence-electron chi connectivity index (χ2n) is 2.49. The van der Waals surface area contributed by atoms with Crippen LogP contribution in [-0.4, -0.2) is 42.5 Å². The highest BCUT2D eigenvalue weighted by atomic mass is 19.3. The number of urea groups is 1. The first-order valence-corrected chi connectivity index (χ1v) is 3.65. The van der Waals surface area contributed by atoms with Crippen LogP contribution < -0.4 is 10.6 Å². The van der Waals surface area contributed by atoms with Gasteiger partial charge in [-0.1, -0.05) is 0 Å². The van der Waals surface area contributed by atoms with Gasteiger partial charge in [-0.15, -0.1) is 0 Å². The van der Waals surface area contributed by atoms with E-state index in [4.69, 9.17) is 5.11 Å². The molecule has 0 aliphatic carbocycles. The highest BCUT2D eigenvalue weighted by molar-refractivity contribution is 5.79. The van der Waals surface area contributed by atoms with E-state index in [0.29, 0.717) is 0 Å². The van der Waals surface area contributed by atoms with Crippen molar-refractivity contribution in [1.29, 1.82) is 0 Å². The number of aliphatic carboxylic acids is 1. The number of alkyl halides is 4. The third-order valence-electron chi connectivity index (χ3n) is 1.20. The van der Waals surface area contributed by atoms with Crippen molar-refractivity contribution in [3.05, 3.63) is 0 Å². The fourth-order valence-corrected chi connectivity index (χ4v) is 0.494. The molecule has 0 atom stereocenters. The molecule has 5 nitrogen and oxygen atoms in total. The SMILES string of the molecule is O=C(O)CNC(=O)NCC(F)(F)C(F)F. The quantitative estimate of drug-likeness (QED) is 0.595. The Hall–Kier alpha value is -1.54. The molecule has 0 heterocycles. The minimum atomic E-state index is -4.33. The molecule has 0 spiro atoms. The Morgan fingerprint density at radius 3 is 2.20 bits per heavy atom. The molecule has 0 aliphatic heterocycles. The average Bonchev–Trinajstić information content (AvgIpc) is 2.11. The van der Waals surface area contributed by atoms with Crippen molar-refractivity contribution in [3.8, 4) is 0 Å². The van der Waals surface area contributed by atoms with E-state index in [0.717, 1.165) is 0 Å². The number of carboxylic acid groups (broad SMARTS) is 1. The van der Waals surface area contributed by atoms with Crippen LogP contribution in [0.15, 0.2) is 0 Å². The number of halogens is 4. The molecule has 0 fully saturated rings. The maximum Gasteiger partial charge on any atom is 0.324 e. The van der Waals surface area contributed by atoms with Gasteiger partial charge in [0, 0.05) is 0 Å². The normalized spacial score (nSPS) is 11.3.